The van der Waals surface area contributed by atoms with Crippen molar-refractivity contribution in [2.45, 2.75) is 40.0 Å². The summed E-state index contributed by atoms with van der Waals surface area (Å²) in [5, 5.41) is 9.27. The second-order valence-corrected chi connectivity index (χ2v) is 7.19. The molecule has 1 saturated heterocycles. The van der Waals surface area contributed by atoms with Gasteiger partial charge in [0, 0.05) is 30.8 Å². The number of benzene rings is 1. The van der Waals surface area contributed by atoms with Gasteiger partial charge >= 0.3 is 5.97 Å². The van der Waals surface area contributed by atoms with Gasteiger partial charge in [0.15, 0.2) is 5.69 Å². The Balaban J connectivity index is 1.73. The van der Waals surface area contributed by atoms with Crippen LogP contribution in [0.3, 0.4) is 0 Å². The molecule has 0 saturated carbocycles. The molecule has 2 heterocycles. The van der Waals surface area contributed by atoms with Crippen LogP contribution in [0.15, 0.2) is 24.3 Å². The minimum Gasteiger partial charge on any atom is -0.466 e. The minimum atomic E-state index is -0.0929. The number of carbonyl (C=O) groups excluding carboxylic acids is 1. The van der Waals surface area contributed by atoms with Gasteiger partial charge in [0.25, 0.3) is 0 Å². The van der Waals surface area contributed by atoms with E-state index in [0.717, 1.165) is 48.6 Å². The van der Waals surface area contributed by atoms with Gasteiger partial charge in [0.2, 0.25) is 0 Å². The molecule has 6 heteroatoms. The quantitative estimate of drug-likeness (QED) is 0.736. The van der Waals surface area contributed by atoms with Crippen molar-refractivity contribution in [2.75, 3.05) is 24.6 Å². The van der Waals surface area contributed by atoms with Crippen LogP contribution in [0.1, 0.15) is 43.3 Å². The molecule has 1 aliphatic heterocycles. The number of aromatic nitrogens is 2. The standard InChI is InChI=1S/C22H26N4O2/c1-4-28-21(27)12-17-8-10-26(11-9-17)19-7-5-6-18(13-19)22-16(3)24-15(2)20(14-23)25-22/h5-7,13,17H,4,8-12H2,1-3H3. The molecule has 0 unspecified atom stereocenters. The number of rotatable bonds is 5. The van der Waals surface area contributed by atoms with Crippen molar-refractivity contribution in [3.05, 3.63) is 41.3 Å². The lowest BCUT2D eigenvalue weighted by atomic mass is 9.93. The summed E-state index contributed by atoms with van der Waals surface area (Å²) in [5.74, 6) is 0.298. The highest BCUT2D eigenvalue weighted by atomic mass is 16.5. The average molecular weight is 378 g/mol. The van der Waals surface area contributed by atoms with Crippen LogP contribution in [-0.4, -0.2) is 35.6 Å². The smallest absolute Gasteiger partial charge is 0.306 e. The lowest BCUT2D eigenvalue weighted by molar-refractivity contribution is -0.144. The van der Waals surface area contributed by atoms with E-state index in [0.29, 0.717) is 30.3 Å². The van der Waals surface area contributed by atoms with Crippen LogP contribution in [-0.2, 0) is 9.53 Å². The van der Waals surface area contributed by atoms with E-state index in [-0.39, 0.29) is 5.97 Å². The van der Waals surface area contributed by atoms with Gasteiger partial charge in [-0.05, 0) is 51.7 Å². The lowest BCUT2D eigenvalue weighted by Crippen LogP contribution is -2.34. The number of piperidine rings is 1. The molecular weight excluding hydrogens is 352 g/mol. The molecule has 0 bridgehead atoms. The fraction of sp³-hybridized carbons (Fsp3) is 0.455. The molecule has 1 aromatic heterocycles. The van der Waals surface area contributed by atoms with Crippen molar-refractivity contribution in [3.8, 4) is 17.3 Å². The maximum Gasteiger partial charge on any atom is 0.306 e. The minimum absolute atomic E-state index is 0.0929. The predicted octanol–water partition coefficient (Wildman–Crippen LogP) is 3.80. The third-order valence-electron chi connectivity index (χ3n) is 5.21. The van der Waals surface area contributed by atoms with Gasteiger partial charge < -0.3 is 9.64 Å². The Bertz CT molecular complexity index is 896. The molecule has 1 aliphatic rings. The SMILES string of the molecule is CCOC(=O)CC1CCN(c2cccc(-c3nc(C#N)c(C)nc3C)c2)CC1. The third-order valence-corrected chi connectivity index (χ3v) is 5.21. The molecule has 0 spiro atoms. The van der Waals surface area contributed by atoms with Crippen molar-refractivity contribution in [2.24, 2.45) is 5.92 Å². The molecule has 146 valence electrons. The Kier molecular flexibility index (Phi) is 6.25. The zero-order valence-corrected chi connectivity index (χ0v) is 16.7. The molecular formula is C22H26N4O2. The summed E-state index contributed by atoms with van der Waals surface area (Å²) < 4.78 is 5.07. The van der Waals surface area contributed by atoms with Crippen LogP contribution in [0, 0.1) is 31.1 Å². The van der Waals surface area contributed by atoms with Crippen LogP contribution in [0.2, 0.25) is 0 Å². The van der Waals surface area contributed by atoms with Crippen molar-refractivity contribution in [1.82, 2.24) is 9.97 Å². The fourth-order valence-corrected chi connectivity index (χ4v) is 3.71. The summed E-state index contributed by atoms with van der Waals surface area (Å²) in [5.41, 5.74) is 4.69. The van der Waals surface area contributed by atoms with Gasteiger partial charge in [0.1, 0.15) is 6.07 Å². The van der Waals surface area contributed by atoms with E-state index < -0.39 is 0 Å². The van der Waals surface area contributed by atoms with Gasteiger partial charge in [-0.15, -0.1) is 0 Å². The zero-order chi connectivity index (χ0) is 20.1. The molecule has 6 nitrogen and oxygen atoms in total. The molecule has 28 heavy (non-hydrogen) atoms. The molecule has 2 aromatic rings. The van der Waals surface area contributed by atoms with Crippen molar-refractivity contribution in [1.29, 1.82) is 5.26 Å². The Hall–Kier alpha value is -2.94. The third kappa shape index (κ3) is 4.48. The summed E-state index contributed by atoms with van der Waals surface area (Å²) in [4.78, 5) is 23.0. The molecule has 1 aromatic carbocycles. The van der Waals surface area contributed by atoms with E-state index in [1.807, 2.05) is 26.0 Å². The van der Waals surface area contributed by atoms with Gasteiger partial charge in [0.05, 0.1) is 23.7 Å². The van der Waals surface area contributed by atoms with E-state index in [1.54, 1.807) is 6.92 Å². The van der Waals surface area contributed by atoms with Crippen molar-refractivity contribution in [3.63, 3.8) is 0 Å². The maximum absolute atomic E-state index is 11.7. The van der Waals surface area contributed by atoms with Gasteiger partial charge in [-0.1, -0.05) is 12.1 Å². The topological polar surface area (TPSA) is 79.1 Å². The number of aryl methyl sites for hydroxylation is 2. The number of ether oxygens (including phenoxy) is 1. The summed E-state index contributed by atoms with van der Waals surface area (Å²) in [6, 6.07) is 10.3. The molecule has 0 atom stereocenters. The average Bonchev–Trinajstić information content (AvgIpc) is 2.69. The molecule has 3 rings (SSSR count). The second kappa shape index (κ2) is 8.83. The summed E-state index contributed by atoms with van der Waals surface area (Å²) in [7, 11) is 0. The molecule has 0 radical (unpaired) electrons. The normalized spacial score (nSPS) is 14.6. The summed E-state index contributed by atoms with van der Waals surface area (Å²) in [6.07, 6.45) is 2.47. The van der Waals surface area contributed by atoms with Crippen molar-refractivity contribution >= 4 is 11.7 Å². The van der Waals surface area contributed by atoms with Crippen LogP contribution < -0.4 is 4.90 Å². The number of carbonyl (C=O) groups is 1. The highest BCUT2D eigenvalue weighted by molar-refractivity contribution is 5.70. The largest absolute Gasteiger partial charge is 0.466 e. The first-order valence-electron chi connectivity index (χ1n) is 9.78. The molecule has 0 aliphatic carbocycles. The van der Waals surface area contributed by atoms with Gasteiger partial charge in [-0.2, -0.15) is 5.26 Å². The summed E-state index contributed by atoms with van der Waals surface area (Å²) in [6.45, 7) is 7.83. The van der Waals surface area contributed by atoms with E-state index in [2.05, 4.69) is 33.1 Å². The first-order chi connectivity index (χ1) is 13.5. The number of hydrogen-bond donors (Lipinski definition) is 0. The van der Waals surface area contributed by atoms with E-state index in [4.69, 9.17) is 4.74 Å². The first-order valence-corrected chi connectivity index (χ1v) is 9.78. The Morgan fingerprint density at radius 1 is 1.25 bits per heavy atom. The summed E-state index contributed by atoms with van der Waals surface area (Å²) >= 11 is 0. The van der Waals surface area contributed by atoms with Gasteiger partial charge in [-0.25, -0.2) is 4.98 Å². The Morgan fingerprint density at radius 3 is 2.68 bits per heavy atom. The van der Waals surface area contributed by atoms with Crippen molar-refractivity contribution < 1.29 is 9.53 Å². The number of nitriles is 1. The number of esters is 1. The highest BCUT2D eigenvalue weighted by Crippen LogP contribution is 2.29. The Morgan fingerprint density at radius 2 is 2.00 bits per heavy atom. The van der Waals surface area contributed by atoms with Crippen LogP contribution in [0.5, 0.6) is 0 Å². The van der Waals surface area contributed by atoms with E-state index >= 15 is 0 Å². The number of hydrogen-bond acceptors (Lipinski definition) is 6. The monoisotopic (exact) mass is 378 g/mol. The number of anilines is 1. The van der Waals surface area contributed by atoms with Crippen LogP contribution in [0.4, 0.5) is 5.69 Å². The van der Waals surface area contributed by atoms with Crippen LogP contribution in [0.25, 0.3) is 11.3 Å². The highest BCUT2D eigenvalue weighted by Gasteiger charge is 2.22. The van der Waals surface area contributed by atoms with E-state index in [1.165, 1.54) is 0 Å². The molecule has 1 fully saturated rings. The number of nitrogens with zero attached hydrogens (tertiary/aromatic N) is 4. The Labute approximate surface area is 166 Å². The first kappa shape index (κ1) is 19.8. The second-order valence-electron chi connectivity index (χ2n) is 7.19. The van der Waals surface area contributed by atoms with Crippen LogP contribution >= 0.6 is 0 Å². The maximum atomic E-state index is 11.7. The molecule has 0 amide bonds. The fourth-order valence-electron chi connectivity index (χ4n) is 3.71. The molecule has 0 N–H and O–H groups in total. The predicted molar refractivity (Wildman–Crippen MR) is 108 cm³/mol. The lowest BCUT2D eigenvalue weighted by Gasteiger charge is -2.33. The van der Waals surface area contributed by atoms with Gasteiger partial charge in [-0.3, -0.25) is 9.78 Å². The zero-order valence-electron chi connectivity index (χ0n) is 16.7. The van der Waals surface area contributed by atoms with E-state index in [9.17, 15) is 10.1 Å².